The molecule has 0 aliphatic carbocycles. The van der Waals surface area contributed by atoms with Gasteiger partial charge in [-0.15, -0.1) is 0 Å². The minimum atomic E-state index is -2.47. The average Bonchev–Trinajstić information content (AvgIpc) is 2.11. The third kappa shape index (κ3) is 1.07. The van der Waals surface area contributed by atoms with Gasteiger partial charge in [0.25, 0.3) is 11.3 Å². The fourth-order valence-corrected chi connectivity index (χ4v) is 1.26. The highest BCUT2D eigenvalue weighted by Gasteiger charge is 2.32. The smallest absolute Gasteiger partial charge is 0.271 e. The van der Waals surface area contributed by atoms with Gasteiger partial charge in [0.1, 0.15) is 0 Å². The van der Waals surface area contributed by atoms with Gasteiger partial charge < -0.3 is 0 Å². The second kappa shape index (κ2) is 2.47. The molecule has 1 saturated heterocycles. The Morgan fingerprint density at radius 1 is 1.30 bits per heavy atom. The van der Waals surface area contributed by atoms with E-state index < -0.39 is 23.1 Å². The summed E-state index contributed by atoms with van der Waals surface area (Å²) in [6.45, 7) is 0. The summed E-state index contributed by atoms with van der Waals surface area (Å²) < 4.78 is 18.9. The Bertz CT molecular complexity index is 197. The van der Waals surface area contributed by atoms with E-state index in [0.717, 1.165) is 0 Å². The number of imide groups is 1. The topological polar surface area (TPSA) is 74.7 Å². The zero-order valence-corrected chi connectivity index (χ0v) is 5.76. The molecule has 1 heterocycles. The zero-order valence-electron chi connectivity index (χ0n) is 4.94. The van der Waals surface area contributed by atoms with Gasteiger partial charge in [-0.05, 0) is 0 Å². The average molecular weight is 163 g/mol. The van der Waals surface area contributed by atoms with Crippen LogP contribution in [0.5, 0.6) is 0 Å². The van der Waals surface area contributed by atoms with Crippen LogP contribution in [0.15, 0.2) is 0 Å². The quantitative estimate of drug-likeness (QED) is 0.408. The first-order valence-electron chi connectivity index (χ1n) is 2.59. The highest BCUT2D eigenvalue weighted by Crippen LogP contribution is 2.12. The first-order chi connectivity index (χ1) is 4.63. The molecule has 1 N–H and O–H groups in total. The maximum Gasteiger partial charge on any atom is 0.271 e. The van der Waals surface area contributed by atoms with E-state index in [2.05, 4.69) is 0 Å². The predicted molar refractivity (Wildman–Crippen MR) is 31.9 cm³/mol. The van der Waals surface area contributed by atoms with Crippen LogP contribution in [0.1, 0.15) is 12.8 Å². The Hall–Kier alpha value is -0.750. The van der Waals surface area contributed by atoms with Gasteiger partial charge >= 0.3 is 0 Å². The Balaban J connectivity index is 2.82. The van der Waals surface area contributed by atoms with Crippen molar-refractivity contribution < 1.29 is 18.4 Å². The minimum Gasteiger partial charge on any atom is -0.289 e. The molecule has 0 saturated carbocycles. The molecule has 0 aromatic rings. The second-order valence-electron chi connectivity index (χ2n) is 1.81. The highest BCUT2D eigenvalue weighted by molar-refractivity contribution is 7.78. The number of hydrogen-bond donors (Lipinski definition) is 1. The monoisotopic (exact) mass is 163 g/mol. The largest absolute Gasteiger partial charge is 0.289 e. The summed E-state index contributed by atoms with van der Waals surface area (Å²) in [4.78, 5) is 21.2. The van der Waals surface area contributed by atoms with Crippen molar-refractivity contribution in [1.82, 2.24) is 4.31 Å². The van der Waals surface area contributed by atoms with Gasteiger partial charge in [0.2, 0.25) is 11.8 Å². The fraction of sp³-hybridized carbons (Fsp3) is 0.500. The molecule has 6 heteroatoms. The van der Waals surface area contributed by atoms with Gasteiger partial charge in [0, 0.05) is 12.8 Å². The van der Waals surface area contributed by atoms with Crippen LogP contribution in [0.25, 0.3) is 0 Å². The molecule has 0 aromatic carbocycles. The molecular weight excluding hydrogens is 158 g/mol. The molecule has 10 heavy (non-hydrogen) atoms. The molecule has 1 aliphatic rings. The van der Waals surface area contributed by atoms with E-state index in [9.17, 15) is 13.8 Å². The van der Waals surface area contributed by atoms with Crippen LogP contribution in [-0.2, 0) is 20.9 Å². The summed E-state index contributed by atoms with van der Waals surface area (Å²) in [6.07, 6.45) is 0.0935. The van der Waals surface area contributed by atoms with E-state index >= 15 is 0 Å². The van der Waals surface area contributed by atoms with Gasteiger partial charge in [-0.3, -0.25) is 14.1 Å². The zero-order chi connectivity index (χ0) is 7.72. The molecule has 1 unspecified atom stereocenters. The Morgan fingerprint density at radius 2 is 1.70 bits per heavy atom. The Kier molecular flexibility index (Phi) is 1.82. The second-order valence-corrected chi connectivity index (χ2v) is 2.64. The van der Waals surface area contributed by atoms with Crippen LogP contribution in [0, 0.1) is 0 Å². The van der Waals surface area contributed by atoms with E-state index in [1.54, 1.807) is 0 Å². The maximum atomic E-state index is 10.6. The lowest BCUT2D eigenvalue weighted by Gasteiger charge is -2.04. The Morgan fingerprint density at radius 3 is 1.90 bits per heavy atom. The summed E-state index contributed by atoms with van der Waals surface area (Å²) in [7, 11) is 0. The first kappa shape index (κ1) is 7.36. The summed E-state index contributed by atoms with van der Waals surface area (Å²) in [6, 6.07) is 0. The molecular formula is C4H5NO4S. The van der Waals surface area contributed by atoms with Crippen molar-refractivity contribution >= 4 is 23.1 Å². The van der Waals surface area contributed by atoms with Crippen molar-refractivity contribution in [2.24, 2.45) is 0 Å². The number of carbonyl (C=O) groups excluding carboxylic acids is 2. The molecule has 0 bridgehead atoms. The van der Waals surface area contributed by atoms with Crippen LogP contribution in [0.3, 0.4) is 0 Å². The molecule has 0 radical (unpaired) electrons. The number of nitrogens with zero attached hydrogens (tertiary/aromatic N) is 1. The molecule has 1 rings (SSSR count). The van der Waals surface area contributed by atoms with Gasteiger partial charge in [-0.25, -0.2) is 4.21 Å². The van der Waals surface area contributed by atoms with E-state index in [1.807, 2.05) is 0 Å². The van der Waals surface area contributed by atoms with Crippen molar-refractivity contribution in [3.63, 3.8) is 0 Å². The van der Waals surface area contributed by atoms with E-state index in [4.69, 9.17) is 4.55 Å². The van der Waals surface area contributed by atoms with Gasteiger partial charge in [0.05, 0.1) is 0 Å². The number of rotatable bonds is 1. The summed E-state index contributed by atoms with van der Waals surface area (Å²) in [5.41, 5.74) is 0. The summed E-state index contributed by atoms with van der Waals surface area (Å²) in [5, 5.41) is 0. The van der Waals surface area contributed by atoms with E-state index in [0.29, 0.717) is 4.31 Å². The number of amides is 2. The molecule has 56 valence electrons. The fourth-order valence-electron chi connectivity index (χ4n) is 0.730. The van der Waals surface area contributed by atoms with Gasteiger partial charge in [0.15, 0.2) is 0 Å². The summed E-state index contributed by atoms with van der Waals surface area (Å²) >= 11 is -2.47. The van der Waals surface area contributed by atoms with Gasteiger partial charge in [-0.1, -0.05) is 0 Å². The van der Waals surface area contributed by atoms with Crippen molar-refractivity contribution in [1.29, 1.82) is 0 Å². The molecule has 0 aromatic heterocycles. The van der Waals surface area contributed by atoms with Crippen LogP contribution in [-0.4, -0.2) is 24.9 Å². The van der Waals surface area contributed by atoms with Crippen molar-refractivity contribution in [2.75, 3.05) is 0 Å². The van der Waals surface area contributed by atoms with Crippen LogP contribution >= 0.6 is 0 Å². The van der Waals surface area contributed by atoms with Crippen molar-refractivity contribution in [3.8, 4) is 0 Å². The Labute approximate surface area is 59.4 Å². The van der Waals surface area contributed by atoms with E-state index in [-0.39, 0.29) is 12.8 Å². The number of carbonyl (C=O) groups is 2. The predicted octanol–water partition coefficient (Wildman–Crippen LogP) is -0.728. The number of hydrogen-bond acceptors (Lipinski definition) is 3. The standard InChI is InChI=1S/C4H5NO4S/c6-3-1-2-4(7)5(3)10(8)9/h1-2H2,(H,8,9). The lowest BCUT2D eigenvalue weighted by Crippen LogP contribution is -2.30. The maximum absolute atomic E-state index is 10.6. The highest BCUT2D eigenvalue weighted by atomic mass is 32.2. The molecule has 5 nitrogen and oxygen atoms in total. The van der Waals surface area contributed by atoms with Gasteiger partial charge in [-0.2, -0.15) is 4.31 Å². The third-order valence-corrected chi connectivity index (χ3v) is 1.88. The van der Waals surface area contributed by atoms with Crippen LogP contribution in [0.2, 0.25) is 0 Å². The van der Waals surface area contributed by atoms with E-state index in [1.165, 1.54) is 0 Å². The molecule has 0 spiro atoms. The van der Waals surface area contributed by atoms with Crippen LogP contribution < -0.4 is 0 Å². The lowest BCUT2D eigenvalue weighted by atomic mass is 10.4. The molecule has 2 amide bonds. The minimum absolute atomic E-state index is 0.0468. The molecule has 1 atom stereocenters. The normalized spacial score (nSPS) is 21.9. The lowest BCUT2D eigenvalue weighted by molar-refractivity contribution is -0.132. The third-order valence-electron chi connectivity index (χ3n) is 1.16. The first-order valence-corrected chi connectivity index (χ1v) is 3.66. The molecule has 1 fully saturated rings. The molecule has 1 aliphatic heterocycles. The summed E-state index contributed by atoms with van der Waals surface area (Å²) in [5.74, 6) is -1.16. The van der Waals surface area contributed by atoms with Crippen molar-refractivity contribution in [3.05, 3.63) is 0 Å². The SMILES string of the molecule is O=C1CCC(=O)N1S(=O)O. The van der Waals surface area contributed by atoms with Crippen molar-refractivity contribution in [2.45, 2.75) is 12.8 Å². The van der Waals surface area contributed by atoms with Crippen LogP contribution in [0.4, 0.5) is 0 Å².